The smallest absolute Gasteiger partial charge is 0.165 e. The Hall–Kier alpha value is -1.77. The van der Waals surface area contributed by atoms with Crippen LogP contribution in [0, 0.1) is 0 Å². The summed E-state index contributed by atoms with van der Waals surface area (Å²) < 4.78 is 1.94. The molecule has 19 heavy (non-hydrogen) atoms. The molecule has 0 saturated heterocycles. The van der Waals surface area contributed by atoms with E-state index in [0.717, 1.165) is 11.3 Å². The lowest BCUT2D eigenvalue weighted by molar-refractivity contribution is 0.334. The van der Waals surface area contributed by atoms with Gasteiger partial charge in [0.2, 0.25) is 0 Å². The van der Waals surface area contributed by atoms with Gasteiger partial charge in [0.25, 0.3) is 0 Å². The van der Waals surface area contributed by atoms with Crippen molar-refractivity contribution in [2.24, 2.45) is 0 Å². The van der Waals surface area contributed by atoms with Crippen LogP contribution in [-0.2, 0) is 5.54 Å². The Bertz CT molecular complexity index is 562. The van der Waals surface area contributed by atoms with Gasteiger partial charge < -0.3 is 5.11 Å². The third-order valence-corrected chi connectivity index (χ3v) is 3.12. The van der Waals surface area contributed by atoms with Crippen LogP contribution in [0.5, 0.6) is 5.75 Å². The van der Waals surface area contributed by atoms with Gasteiger partial charge >= 0.3 is 0 Å². The summed E-state index contributed by atoms with van der Waals surface area (Å²) in [5.41, 5.74) is 2.36. The van der Waals surface area contributed by atoms with Crippen molar-refractivity contribution in [3.05, 3.63) is 36.0 Å². The molecule has 2 rings (SSSR count). The van der Waals surface area contributed by atoms with E-state index in [0.29, 0.717) is 11.4 Å². The van der Waals surface area contributed by atoms with Gasteiger partial charge in [-0.3, -0.25) is 4.68 Å². The number of nitrogens with zero attached hydrogens (tertiary/aromatic N) is 2. The predicted octanol–water partition coefficient (Wildman–Crippen LogP) is 4.13. The van der Waals surface area contributed by atoms with E-state index in [1.165, 1.54) is 0 Å². The lowest BCUT2D eigenvalue weighted by Crippen LogP contribution is -2.25. The minimum atomic E-state index is -0.149. The molecule has 0 fully saturated rings. The fraction of sp³-hybridized carbons (Fsp3) is 0.438. The minimum Gasteiger partial charge on any atom is -0.504 e. The Morgan fingerprint density at radius 3 is 2.11 bits per heavy atom. The molecule has 0 spiro atoms. The zero-order chi connectivity index (χ0) is 14.2. The maximum absolute atomic E-state index is 10.5. The molecular weight excluding hydrogens is 236 g/mol. The SMILES string of the molecule is CC(C)c1c(O)c(-c2ccccc2)nn1C(C)(C)C. The van der Waals surface area contributed by atoms with Crippen molar-refractivity contribution in [1.82, 2.24) is 9.78 Å². The summed E-state index contributed by atoms with van der Waals surface area (Å²) in [5.74, 6) is 0.528. The third kappa shape index (κ3) is 2.50. The molecule has 0 aliphatic carbocycles. The Morgan fingerprint density at radius 1 is 1.11 bits per heavy atom. The van der Waals surface area contributed by atoms with Gasteiger partial charge in [0.15, 0.2) is 5.75 Å². The van der Waals surface area contributed by atoms with E-state index in [4.69, 9.17) is 0 Å². The molecule has 1 heterocycles. The molecular formula is C16H22N2O. The molecule has 102 valence electrons. The van der Waals surface area contributed by atoms with E-state index in [-0.39, 0.29) is 11.5 Å². The van der Waals surface area contributed by atoms with Gasteiger partial charge in [-0.05, 0) is 26.7 Å². The fourth-order valence-electron chi connectivity index (χ4n) is 2.24. The first-order chi connectivity index (χ1) is 8.82. The van der Waals surface area contributed by atoms with Crippen molar-refractivity contribution in [3.8, 4) is 17.0 Å². The fourth-order valence-corrected chi connectivity index (χ4v) is 2.24. The standard InChI is InChI=1S/C16H22N2O/c1-11(2)14-15(19)13(12-9-7-6-8-10-12)17-18(14)16(3,4)5/h6-11,19H,1-5H3. The summed E-state index contributed by atoms with van der Waals surface area (Å²) in [4.78, 5) is 0. The molecule has 3 nitrogen and oxygen atoms in total. The third-order valence-electron chi connectivity index (χ3n) is 3.12. The van der Waals surface area contributed by atoms with Crippen LogP contribution >= 0.6 is 0 Å². The molecule has 0 aliphatic rings. The van der Waals surface area contributed by atoms with Crippen molar-refractivity contribution >= 4 is 0 Å². The lowest BCUT2D eigenvalue weighted by Gasteiger charge is -2.23. The number of hydrogen-bond donors (Lipinski definition) is 1. The largest absolute Gasteiger partial charge is 0.504 e. The molecule has 2 aromatic rings. The number of hydrogen-bond acceptors (Lipinski definition) is 2. The zero-order valence-corrected chi connectivity index (χ0v) is 12.3. The van der Waals surface area contributed by atoms with Gasteiger partial charge in [0, 0.05) is 5.56 Å². The first-order valence-corrected chi connectivity index (χ1v) is 6.70. The Morgan fingerprint density at radius 2 is 1.68 bits per heavy atom. The number of aromatic hydroxyl groups is 1. The van der Waals surface area contributed by atoms with Crippen LogP contribution in [-0.4, -0.2) is 14.9 Å². The maximum atomic E-state index is 10.5. The van der Waals surface area contributed by atoms with Gasteiger partial charge in [0.1, 0.15) is 5.69 Å². The van der Waals surface area contributed by atoms with Gasteiger partial charge in [0.05, 0.1) is 11.2 Å². The summed E-state index contributed by atoms with van der Waals surface area (Å²) in [6.45, 7) is 10.4. The Kier molecular flexibility index (Phi) is 3.40. The average Bonchev–Trinajstić information content (AvgIpc) is 2.68. The molecule has 0 aliphatic heterocycles. The first-order valence-electron chi connectivity index (χ1n) is 6.70. The highest BCUT2D eigenvalue weighted by molar-refractivity contribution is 5.67. The second kappa shape index (κ2) is 4.72. The van der Waals surface area contributed by atoms with Crippen LogP contribution in [0.2, 0.25) is 0 Å². The van der Waals surface area contributed by atoms with Crippen LogP contribution in [0.15, 0.2) is 30.3 Å². The summed E-state index contributed by atoms with van der Waals surface area (Å²) >= 11 is 0. The molecule has 1 aromatic carbocycles. The molecule has 0 unspecified atom stereocenters. The molecule has 0 bridgehead atoms. The van der Waals surface area contributed by atoms with Gasteiger partial charge in [-0.15, -0.1) is 0 Å². The molecule has 0 atom stereocenters. The van der Waals surface area contributed by atoms with Gasteiger partial charge in [-0.1, -0.05) is 44.2 Å². The van der Waals surface area contributed by atoms with Crippen molar-refractivity contribution < 1.29 is 5.11 Å². The van der Waals surface area contributed by atoms with Gasteiger partial charge in [-0.25, -0.2) is 0 Å². The minimum absolute atomic E-state index is 0.149. The first kappa shape index (κ1) is 13.7. The molecule has 1 N–H and O–H groups in total. The second-order valence-corrected chi connectivity index (χ2v) is 6.19. The molecule has 0 amide bonds. The van der Waals surface area contributed by atoms with Crippen LogP contribution < -0.4 is 0 Å². The van der Waals surface area contributed by atoms with Crippen molar-refractivity contribution in [2.45, 2.75) is 46.1 Å². The highest BCUT2D eigenvalue weighted by Gasteiger charge is 2.26. The number of benzene rings is 1. The van der Waals surface area contributed by atoms with Crippen LogP contribution in [0.1, 0.15) is 46.2 Å². The van der Waals surface area contributed by atoms with E-state index >= 15 is 0 Å². The van der Waals surface area contributed by atoms with Crippen LogP contribution in [0.4, 0.5) is 0 Å². The molecule has 3 heteroatoms. The highest BCUT2D eigenvalue weighted by atomic mass is 16.3. The number of rotatable bonds is 2. The summed E-state index contributed by atoms with van der Waals surface area (Å²) in [6, 6.07) is 9.82. The Labute approximate surface area is 114 Å². The summed E-state index contributed by atoms with van der Waals surface area (Å²) in [6.07, 6.45) is 0. The molecule has 1 aromatic heterocycles. The second-order valence-electron chi connectivity index (χ2n) is 6.19. The lowest BCUT2D eigenvalue weighted by atomic mass is 10.0. The van der Waals surface area contributed by atoms with E-state index in [2.05, 4.69) is 39.7 Å². The van der Waals surface area contributed by atoms with Crippen molar-refractivity contribution in [1.29, 1.82) is 0 Å². The van der Waals surface area contributed by atoms with Gasteiger partial charge in [-0.2, -0.15) is 5.10 Å². The molecule has 0 saturated carbocycles. The topological polar surface area (TPSA) is 38.1 Å². The summed E-state index contributed by atoms with van der Waals surface area (Å²) in [7, 11) is 0. The van der Waals surface area contributed by atoms with E-state index in [1.807, 2.05) is 35.0 Å². The number of aromatic nitrogens is 2. The average molecular weight is 258 g/mol. The summed E-state index contributed by atoms with van der Waals surface area (Å²) in [5, 5.41) is 15.2. The van der Waals surface area contributed by atoms with E-state index < -0.39 is 0 Å². The quantitative estimate of drug-likeness (QED) is 0.879. The Balaban J connectivity index is 2.66. The van der Waals surface area contributed by atoms with E-state index in [9.17, 15) is 5.11 Å². The highest BCUT2D eigenvalue weighted by Crippen LogP contribution is 2.37. The van der Waals surface area contributed by atoms with Crippen molar-refractivity contribution in [2.75, 3.05) is 0 Å². The van der Waals surface area contributed by atoms with Crippen molar-refractivity contribution in [3.63, 3.8) is 0 Å². The predicted molar refractivity (Wildman–Crippen MR) is 78.4 cm³/mol. The zero-order valence-electron chi connectivity index (χ0n) is 12.3. The van der Waals surface area contributed by atoms with Crippen LogP contribution in [0.25, 0.3) is 11.3 Å². The molecule has 0 radical (unpaired) electrons. The van der Waals surface area contributed by atoms with Crippen LogP contribution in [0.3, 0.4) is 0 Å². The maximum Gasteiger partial charge on any atom is 0.165 e. The normalized spacial score (nSPS) is 12.1. The van der Waals surface area contributed by atoms with E-state index in [1.54, 1.807) is 0 Å². The monoisotopic (exact) mass is 258 g/mol.